The highest BCUT2D eigenvalue weighted by Gasteiger charge is 2.28. The number of halogens is 1. The van der Waals surface area contributed by atoms with Gasteiger partial charge in [0.1, 0.15) is 17.6 Å². The lowest BCUT2D eigenvalue weighted by Gasteiger charge is -2.28. The average molecular weight is 367 g/mol. The summed E-state index contributed by atoms with van der Waals surface area (Å²) in [5.74, 6) is -0.0533. The Kier molecular flexibility index (Phi) is 5.66. The van der Waals surface area contributed by atoms with Gasteiger partial charge >= 0.3 is 0 Å². The molecular formula is C21H22FN3O2. The quantitative estimate of drug-likeness (QED) is 0.666. The van der Waals surface area contributed by atoms with Crippen LogP contribution in [0.25, 0.3) is 11.3 Å². The van der Waals surface area contributed by atoms with Gasteiger partial charge in [0.25, 0.3) is 0 Å². The second kappa shape index (κ2) is 8.14. The first-order valence-electron chi connectivity index (χ1n) is 8.64. The number of hydrogen-bond donors (Lipinski definition) is 0. The molecule has 1 amide bonds. The van der Waals surface area contributed by atoms with Gasteiger partial charge in [0, 0.05) is 24.2 Å². The Balaban J connectivity index is 1.77. The van der Waals surface area contributed by atoms with Crippen LogP contribution in [0.5, 0.6) is 0 Å². The molecule has 0 saturated carbocycles. The van der Waals surface area contributed by atoms with Gasteiger partial charge in [-0.25, -0.2) is 4.39 Å². The smallest absolute Gasteiger partial charge is 0.244 e. The molecule has 1 atom stereocenters. The number of benzene rings is 2. The summed E-state index contributed by atoms with van der Waals surface area (Å²) in [4.78, 5) is 16.2. The second-order valence-corrected chi connectivity index (χ2v) is 6.63. The van der Waals surface area contributed by atoms with Crippen molar-refractivity contribution < 1.29 is 13.7 Å². The minimum Gasteiger partial charge on any atom is -0.359 e. The maximum atomic E-state index is 14.2. The molecule has 0 radical (unpaired) electrons. The fourth-order valence-corrected chi connectivity index (χ4v) is 2.98. The predicted molar refractivity (Wildman–Crippen MR) is 101 cm³/mol. The van der Waals surface area contributed by atoms with E-state index < -0.39 is 11.9 Å². The second-order valence-electron chi connectivity index (χ2n) is 6.63. The largest absolute Gasteiger partial charge is 0.359 e. The van der Waals surface area contributed by atoms with Crippen LogP contribution in [0, 0.1) is 5.82 Å². The lowest BCUT2D eigenvalue weighted by atomic mass is 10.0. The maximum absolute atomic E-state index is 14.2. The number of aromatic nitrogens is 1. The Hall–Kier alpha value is -2.99. The molecule has 0 unspecified atom stereocenters. The first-order valence-corrected chi connectivity index (χ1v) is 8.64. The molecule has 0 bridgehead atoms. The van der Waals surface area contributed by atoms with E-state index in [-0.39, 0.29) is 12.5 Å². The van der Waals surface area contributed by atoms with Gasteiger partial charge in [-0.05, 0) is 20.2 Å². The number of hydrogen-bond acceptors (Lipinski definition) is 4. The normalized spacial score (nSPS) is 12.2. The van der Waals surface area contributed by atoms with Crippen molar-refractivity contribution in [2.45, 2.75) is 12.6 Å². The van der Waals surface area contributed by atoms with Crippen molar-refractivity contribution >= 4 is 5.91 Å². The number of nitrogens with zero attached hydrogens (tertiary/aromatic N) is 3. The summed E-state index contributed by atoms with van der Waals surface area (Å²) in [6.45, 7) is 0.247. The van der Waals surface area contributed by atoms with Gasteiger partial charge in [-0.2, -0.15) is 0 Å². The van der Waals surface area contributed by atoms with Crippen LogP contribution in [0.2, 0.25) is 0 Å². The van der Waals surface area contributed by atoms with Crippen LogP contribution in [-0.2, 0) is 11.3 Å². The molecule has 140 valence electrons. The van der Waals surface area contributed by atoms with Crippen LogP contribution in [-0.4, -0.2) is 42.0 Å². The third-order valence-electron chi connectivity index (χ3n) is 4.35. The lowest BCUT2D eigenvalue weighted by Crippen LogP contribution is -2.38. The number of likely N-dealkylation sites (N-methyl/N-ethyl adjacent to an activating group) is 2. The Morgan fingerprint density at radius 2 is 1.74 bits per heavy atom. The molecule has 1 aromatic heterocycles. The molecule has 0 spiro atoms. The van der Waals surface area contributed by atoms with Crippen LogP contribution >= 0.6 is 0 Å². The van der Waals surface area contributed by atoms with E-state index in [2.05, 4.69) is 5.16 Å². The Bertz CT molecular complexity index is 909. The first kappa shape index (κ1) is 18.8. The van der Waals surface area contributed by atoms with Gasteiger partial charge in [-0.1, -0.05) is 53.7 Å². The average Bonchev–Trinajstić information content (AvgIpc) is 3.12. The highest BCUT2D eigenvalue weighted by molar-refractivity contribution is 5.83. The van der Waals surface area contributed by atoms with Gasteiger partial charge in [0.15, 0.2) is 5.76 Å². The lowest BCUT2D eigenvalue weighted by molar-refractivity contribution is -0.135. The first-order chi connectivity index (χ1) is 13.0. The zero-order chi connectivity index (χ0) is 19.4. The van der Waals surface area contributed by atoms with Crippen LogP contribution < -0.4 is 0 Å². The molecule has 0 aliphatic rings. The van der Waals surface area contributed by atoms with Gasteiger partial charge < -0.3 is 9.42 Å². The third kappa shape index (κ3) is 4.23. The predicted octanol–water partition coefficient (Wildman–Crippen LogP) is 3.74. The number of carbonyl (C=O) groups excluding carboxylic acids is 1. The zero-order valence-electron chi connectivity index (χ0n) is 15.6. The Labute approximate surface area is 158 Å². The molecule has 0 fully saturated rings. The SMILES string of the molecule is CN(Cc1cc(-c2ccccc2)no1)C(=O)[C@@H](c1ccccc1F)N(C)C. The maximum Gasteiger partial charge on any atom is 0.244 e. The molecule has 2 aromatic carbocycles. The molecule has 5 nitrogen and oxygen atoms in total. The fourth-order valence-electron chi connectivity index (χ4n) is 2.98. The summed E-state index contributed by atoms with van der Waals surface area (Å²) < 4.78 is 19.6. The van der Waals surface area contributed by atoms with Gasteiger partial charge in [-0.15, -0.1) is 0 Å². The van der Waals surface area contributed by atoms with E-state index >= 15 is 0 Å². The third-order valence-corrected chi connectivity index (χ3v) is 4.35. The molecule has 6 heteroatoms. The summed E-state index contributed by atoms with van der Waals surface area (Å²) in [7, 11) is 5.18. The van der Waals surface area contributed by atoms with Crippen molar-refractivity contribution in [1.82, 2.24) is 15.0 Å². The van der Waals surface area contributed by atoms with E-state index in [1.54, 1.807) is 44.2 Å². The summed E-state index contributed by atoms with van der Waals surface area (Å²) in [5, 5.41) is 4.07. The monoisotopic (exact) mass is 367 g/mol. The summed E-state index contributed by atoms with van der Waals surface area (Å²) in [6, 6.07) is 17.1. The van der Waals surface area contributed by atoms with Crippen LogP contribution in [0.3, 0.4) is 0 Å². The highest BCUT2D eigenvalue weighted by Crippen LogP contribution is 2.25. The number of amides is 1. The number of carbonyl (C=O) groups is 1. The van der Waals surface area contributed by atoms with E-state index in [1.165, 1.54) is 11.0 Å². The van der Waals surface area contributed by atoms with E-state index in [1.807, 2.05) is 36.4 Å². The van der Waals surface area contributed by atoms with Crippen molar-refractivity contribution in [3.05, 3.63) is 77.8 Å². The molecule has 3 aromatic rings. The molecular weight excluding hydrogens is 345 g/mol. The number of rotatable bonds is 6. The molecule has 27 heavy (non-hydrogen) atoms. The zero-order valence-corrected chi connectivity index (χ0v) is 15.6. The van der Waals surface area contributed by atoms with Crippen molar-refractivity contribution in [1.29, 1.82) is 0 Å². The van der Waals surface area contributed by atoms with Crippen molar-refractivity contribution in [2.75, 3.05) is 21.1 Å². The van der Waals surface area contributed by atoms with Crippen molar-refractivity contribution in [3.63, 3.8) is 0 Å². The van der Waals surface area contributed by atoms with E-state index in [0.29, 0.717) is 17.0 Å². The van der Waals surface area contributed by atoms with E-state index in [9.17, 15) is 9.18 Å². The topological polar surface area (TPSA) is 49.6 Å². The summed E-state index contributed by atoms with van der Waals surface area (Å²) in [5.41, 5.74) is 2.01. The standard InChI is InChI=1S/C21H22FN3O2/c1-24(2)20(17-11-7-8-12-18(17)22)21(26)25(3)14-16-13-19(23-27-16)15-9-5-4-6-10-15/h4-13,20H,14H2,1-3H3/t20-/m1/s1. The van der Waals surface area contributed by atoms with Crippen molar-refractivity contribution in [2.24, 2.45) is 0 Å². The highest BCUT2D eigenvalue weighted by atomic mass is 19.1. The molecule has 0 N–H and O–H groups in total. The van der Waals surface area contributed by atoms with Gasteiger partial charge in [0.2, 0.25) is 5.91 Å². The van der Waals surface area contributed by atoms with Crippen LogP contribution in [0.1, 0.15) is 17.4 Å². The van der Waals surface area contributed by atoms with Crippen LogP contribution in [0.4, 0.5) is 4.39 Å². The summed E-state index contributed by atoms with van der Waals surface area (Å²) in [6.07, 6.45) is 0. The Morgan fingerprint density at radius 1 is 1.07 bits per heavy atom. The molecule has 0 aliphatic heterocycles. The van der Waals surface area contributed by atoms with Crippen molar-refractivity contribution in [3.8, 4) is 11.3 Å². The fraction of sp³-hybridized carbons (Fsp3) is 0.238. The van der Waals surface area contributed by atoms with Gasteiger partial charge in [0.05, 0.1) is 6.54 Å². The molecule has 1 heterocycles. The minimum atomic E-state index is -0.715. The molecule has 0 saturated heterocycles. The molecule has 0 aliphatic carbocycles. The molecule has 3 rings (SSSR count). The van der Waals surface area contributed by atoms with E-state index in [4.69, 9.17) is 4.52 Å². The van der Waals surface area contributed by atoms with Gasteiger partial charge in [-0.3, -0.25) is 9.69 Å². The van der Waals surface area contributed by atoms with Crippen LogP contribution in [0.15, 0.2) is 65.2 Å². The Morgan fingerprint density at radius 3 is 2.41 bits per heavy atom. The summed E-state index contributed by atoms with van der Waals surface area (Å²) >= 11 is 0. The van der Waals surface area contributed by atoms with E-state index in [0.717, 1.165) is 5.56 Å². The minimum absolute atomic E-state index is 0.220.